The molecule has 1 aliphatic heterocycles. The summed E-state index contributed by atoms with van der Waals surface area (Å²) in [6, 6.07) is 24.0. The minimum absolute atomic E-state index is 0.00995. The lowest BCUT2D eigenvalue weighted by Gasteiger charge is -2.59. The van der Waals surface area contributed by atoms with Crippen LogP contribution >= 0.6 is 11.6 Å². The number of aliphatic hydroxyl groups excluding tert-OH is 2. The van der Waals surface area contributed by atoms with E-state index in [0.717, 1.165) is 47.9 Å². The Hall–Kier alpha value is -4.88. The van der Waals surface area contributed by atoms with Crippen molar-refractivity contribution in [3.63, 3.8) is 0 Å². The Morgan fingerprint density at radius 1 is 1.00 bits per heavy atom. The van der Waals surface area contributed by atoms with Gasteiger partial charge in [-0.25, -0.2) is 9.59 Å². The number of benzene rings is 3. The first-order valence-electron chi connectivity index (χ1n) is 20.5. The van der Waals surface area contributed by atoms with Crippen LogP contribution < -0.4 is 14.8 Å². The summed E-state index contributed by atoms with van der Waals surface area (Å²) in [6.45, 7) is 4.77. The van der Waals surface area contributed by atoms with Gasteiger partial charge in [-0.2, -0.15) is 0 Å². The summed E-state index contributed by atoms with van der Waals surface area (Å²) < 4.78 is 25.5. The molecular weight excluding hydrogens is 774 g/mol. The molecule has 0 radical (unpaired) electrons. The van der Waals surface area contributed by atoms with Gasteiger partial charge in [-0.1, -0.05) is 90.8 Å². The molecule has 316 valence electrons. The van der Waals surface area contributed by atoms with Crippen molar-refractivity contribution in [2.45, 2.75) is 75.8 Å². The first-order valence-corrected chi connectivity index (χ1v) is 21.1. The molecule has 0 bridgehead atoms. The SMILES string of the molecule is C=CCO[C@@]12Oc3ccc(OC(=O)NCc4ccccc4)cc3[C@H]3[C@H](CCCCO)[C@@H](CCCCO)C=C(C(=NOCc4ccccc4)C[C@@H]1N(C)C(=O)OCCCl)[C@H]32. The quantitative estimate of drug-likeness (QED) is 0.0445. The van der Waals surface area contributed by atoms with Crippen LogP contribution in [0.3, 0.4) is 0 Å². The molecule has 0 aromatic heterocycles. The van der Waals surface area contributed by atoms with E-state index in [2.05, 4.69) is 18.0 Å². The fourth-order valence-electron chi connectivity index (χ4n) is 8.82. The van der Waals surface area contributed by atoms with Crippen LogP contribution in [-0.2, 0) is 27.5 Å². The number of unbranched alkanes of at least 4 members (excludes halogenated alkanes) is 2. The maximum Gasteiger partial charge on any atom is 0.412 e. The zero-order valence-electron chi connectivity index (χ0n) is 33.7. The number of hydrogen-bond donors (Lipinski definition) is 3. The third kappa shape index (κ3) is 10.5. The Morgan fingerprint density at radius 3 is 2.41 bits per heavy atom. The van der Waals surface area contributed by atoms with Gasteiger partial charge in [0, 0.05) is 44.7 Å². The number of allylic oxidation sites excluding steroid dienone is 1. The summed E-state index contributed by atoms with van der Waals surface area (Å²) in [5.41, 5.74) is 4.25. The van der Waals surface area contributed by atoms with Crippen LogP contribution in [0.1, 0.15) is 67.6 Å². The van der Waals surface area contributed by atoms with Crippen LogP contribution in [0, 0.1) is 17.8 Å². The Kier molecular flexibility index (Phi) is 15.8. The van der Waals surface area contributed by atoms with Crippen LogP contribution in [0.15, 0.2) is 108 Å². The lowest BCUT2D eigenvalue weighted by Crippen LogP contribution is -2.69. The molecule has 13 heteroatoms. The maximum absolute atomic E-state index is 13.7. The van der Waals surface area contributed by atoms with Gasteiger partial charge in [0.25, 0.3) is 0 Å². The van der Waals surface area contributed by atoms with Crippen molar-refractivity contribution in [2.75, 3.05) is 39.4 Å². The molecule has 1 saturated carbocycles. The van der Waals surface area contributed by atoms with E-state index in [0.29, 0.717) is 36.6 Å². The van der Waals surface area contributed by atoms with Crippen molar-refractivity contribution < 1.29 is 43.6 Å². The molecule has 1 heterocycles. The second-order valence-corrected chi connectivity index (χ2v) is 15.6. The number of aliphatic hydroxyl groups is 2. The average Bonchev–Trinajstić information content (AvgIpc) is 3.26. The third-order valence-corrected chi connectivity index (χ3v) is 11.6. The highest BCUT2D eigenvalue weighted by Gasteiger charge is 2.65. The zero-order chi connectivity index (χ0) is 41.6. The van der Waals surface area contributed by atoms with Crippen molar-refractivity contribution in [3.05, 3.63) is 120 Å². The van der Waals surface area contributed by atoms with Crippen molar-refractivity contribution in [1.82, 2.24) is 10.2 Å². The van der Waals surface area contributed by atoms with Gasteiger partial charge in [-0.15, -0.1) is 18.2 Å². The number of hydrogen-bond acceptors (Lipinski definition) is 10. The molecule has 1 fully saturated rings. The second kappa shape index (κ2) is 21.4. The number of rotatable bonds is 20. The lowest BCUT2D eigenvalue weighted by molar-refractivity contribution is -0.253. The highest BCUT2D eigenvalue weighted by atomic mass is 35.5. The number of likely N-dealkylation sites (N-methyl/N-ethyl adjacent to an activating group) is 1. The van der Waals surface area contributed by atoms with Crippen LogP contribution in [0.25, 0.3) is 0 Å². The van der Waals surface area contributed by atoms with E-state index in [1.54, 1.807) is 25.3 Å². The Morgan fingerprint density at radius 2 is 1.71 bits per heavy atom. The van der Waals surface area contributed by atoms with Crippen LogP contribution in [0.5, 0.6) is 11.5 Å². The minimum Gasteiger partial charge on any atom is -0.459 e. The van der Waals surface area contributed by atoms with E-state index in [4.69, 9.17) is 40.5 Å². The topological polar surface area (TPSA) is 148 Å². The summed E-state index contributed by atoms with van der Waals surface area (Å²) in [7, 11) is 1.66. The first-order chi connectivity index (χ1) is 28.8. The maximum atomic E-state index is 13.7. The number of ether oxygens (including phenoxy) is 4. The molecule has 0 unspecified atom stereocenters. The van der Waals surface area contributed by atoms with Crippen molar-refractivity contribution in [1.29, 1.82) is 0 Å². The largest absolute Gasteiger partial charge is 0.459 e. The Labute approximate surface area is 351 Å². The number of oxime groups is 1. The number of carbonyl (C=O) groups is 2. The van der Waals surface area contributed by atoms with Gasteiger partial charge in [0.15, 0.2) is 0 Å². The fourth-order valence-corrected chi connectivity index (χ4v) is 8.90. The summed E-state index contributed by atoms with van der Waals surface area (Å²) in [4.78, 5) is 34.5. The van der Waals surface area contributed by atoms with Crippen LogP contribution in [0.4, 0.5) is 9.59 Å². The van der Waals surface area contributed by atoms with E-state index in [9.17, 15) is 19.8 Å². The molecule has 59 heavy (non-hydrogen) atoms. The predicted molar refractivity (Wildman–Crippen MR) is 225 cm³/mol. The summed E-state index contributed by atoms with van der Waals surface area (Å²) in [5.74, 6) is -1.27. The molecule has 3 aromatic rings. The normalized spacial score (nSPS) is 23.5. The second-order valence-electron chi connectivity index (χ2n) is 15.2. The number of amides is 2. The van der Waals surface area contributed by atoms with E-state index < -0.39 is 29.9 Å². The zero-order valence-corrected chi connectivity index (χ0v) is 34.4. The molecule has 2 aliphatic carbocycles. The number of nitrogens with zero attached hydrogens (tertiary/aromatic N) is 2. The summed E-state index contributed by atoms with van der Waals surface area (Å²) in [6.07, 6.45) is 7.32. The number of fused-ring (bicyclic) bond motifs is 2. The third-order valence-electron chi connectivity index (χ3n) is 11.4. The summed E-state index contributed by atoms with van der Waals surface area (Å²) in [5, 5.41) is 27.4. The molecular formula is C46H56ClN3O9. The van der Waals surface area contributed by atoms with E-state index in [1.165, 1.54) is 4.90 Å². The van der Waals surface area contributed by atoms with Crippen LogP contribution in [-0.4, -0.2) is 84.2 Å². The van der Waals surface area contributed by atoms with Crippen molar-refractivity contribution >= 4 is 29.5 Å². The van der Waals surface area contributed by atoms with Crippen molar-refractivity contribution in [3.8, 4) is 11.5 Å². The number of halogens is 1. The molecule has 6 rings (SSSR count). The molecule has 3 aliphatic rings. The monoisotopic (exact) mass is 829 g/mol. The first kappa shape index (κ1) is 43.7. The lowest BCUT2D eigenvalue weighted by atomic mass is 9.55. The van der Waals surface area contributed by atoms with Gasteiger partial charge in [0.1, 0.15) is 30.8 Å². The highest BCUT2D eigenvalue weighted by Crippen LogP contribution is 2.61. The number of carbonyl (C=O) groups excluding carboxylic acids is 2. The Balaban J connectivity index is 1.49. The smallest absolute Gasteiger partial charge is 0.412 e. The van der Waals surface area contributed by atoms with E-state index >= 15 is 0 Å². The molecule has 0 saturated heterocycles. The van der Waals surface area contributed by atoms with Gasteiger partial charge >= 0.3 is 12.2 Å². The van der Waals surface area contributed by atoms with E-state index in [1.807, 2.05) is 66.7 Å². The number of nitrogens with one attached hydrogen (secondary N) is 1. The van der Waals surface area contributed by atoms with Gasteiger partial charge in [-0.05, 0) is 72.4 Å². The van der Waals surface area contributed by atoms with Crippen molar-refractivity contribution in [2.24, 2.45) is 22.9 Å². The standard InChI is InChI=1S/C46H56ClN3O9/c1-3-25-56-46-41(50(2)45(54)55-26-22-47)29-39(49-57-31-33-16-8-5-9-17-33)37-27-34(18-10-12-23-51)36(19-11-13-24-52)42(43(37)46)38-28-35(20-21-40(38)59-46)58-44(53)48-30-32-14-6-4-7-15-32/h3-9,14-17,20-21,27-28,34,36,41-43,51-52H,1,10-13,18-19,22-26,29-31H2,2H3,(H,48,53)/t34-,36+,41-,42+,43+,46+/m0/s1. The Bertz CT molecular complexity index is 1910. The summed E-state index contributed by atoms with van der Waals surface area (Å²) >= 11 is 5.95. The highest BCUT2D eigenvalue weighted by molar-refractivity contribution is 6.18. The van der Waals surface area contributed by atoms with Gasteiger partial charge in [-0.3, -0.25) is 0 Å². The van der Waals surface area contributed by atoms with Crippen LogP contribution in [0.2, 0.25) is 0 Å². The molecule has 3 N–H and O–H groups in total. The molecule has 12 nitrogen and oxygen atoms in total. The average molecular weight is 830 g/mol. The molecule has 2 amide bonds. The fraction of sp³-hybridized carbons (Fsp3) is 0.457. The van der Waals surface area contributed by atoms with Gasteiger partial charge < -0.3 is 44.2 Å². The molecule has 3 aromatic carbocycles. The minimum atomic E-state index is -1.45. The number of alkyl halides is 1. The van der Waals surface area contributed by atoms with Gasteiger partial charge in [0.2, 0.25) is 5.79 Å². The molecule has 0 spiro atoms. The molecule has 6 atom stereocenters. The van der Waals surface area contributed by atoms with Gasteiger partial charge in [0.05, 0.1) is 24.1 Å². The predicted octanol–water partition coefficient (Wildman–Crippen LogP) is 8.12. The van der Waals surface area contributed by atoms with E-state index in [-0.39, 0.29) is 63.1 Å².